The van der Waals surface area contributed by atoms with Gasteiger partial charge in [0.15, 0.2) is 5.96 Å². The summed E-state index contributed by atoms with van der Waals surface area (Å²) in [6, 6.07) is 8.41. The molecule has 1 aliphatic heterocycles. The normalized spacial score (nSPS) is 16.0. The highest BCUT2D eigenvalue weighted by atomic mass is 16.5. The largest absolute Gasteiger partial charge is 0.496 e. The fraction of sp³-hybridized carbons (Fsp3) is 0.682. The number of benzene rings is 1. The Morgan fingerprint density at radius 1 is 1.17 bits per heavy atom. The summed E-state index contributed by atoms with van der Waals surface area (Å²) >= 11 is 0. The maximum Gasteiger partial charge on any atom is 0.191 e. The summed E-state index contributed by atoms with van der Waals surface area (Å²) in [6.07, 6.45) is 3.39. The van der Waals surface area contributed by atoms with Gasteiger partial charge in [0.05, 0.1) is 26.9 Å². The van der Waals surface area contributed by atoms with Crippen LogP contribution in [0.4, 0.5) is 0 Å². The van der Waals surface area contributed by atoms with E-state index in [0.29, 0.717) is 25.8 Å². The Bertz CT molecular complexity index is 589. The molecule has 0 aromatic heterocycles. The van der Waals surface area contributed by atoms with Crippen LogP contribution >= 0.6 is 0 Å². The minimum Gasteiger partial charge on any atom is -0.496 e. The van der Waals surface area contributed by atoms with Crippen molar-refractivity contribution in [3.05, 3.63) is 29.8 Å². The zero-order chi connectivity index (χ0) is 20.7. The molecule has 0 amide bonds. The Morgan fingerprint density at radius 2 is 1.97 bits per heavy atom. The average molecular weight is 407 g/mol. The molecule has 1 fully saturated rings. The first kappa shape index (κ1) is 23.4. The molecule has 1 aromatic rings. The lowest BCUT2D eigenvalue weighted by atomic mass is 10.1. The lowest BCUT2D eigenvalue weighted by molar-refractivity contribution is 0.126. The molecule has 7 heteroatoms. The van der Waals surface area contributed by atoms with Gasteiger partial charge in [0.1, 0.15) is 5.75 Å². The van der Waals surface area contributed by atoms with Crippen LogP contribution in [-0.2, 0) is 16.1 Å². The van der Waals surface area contributed by atoms with Crippen LogP contribution in [0, 0.1) is 0 Å². The average Bonchev–Trinajstić information content (AvgIpc) is 2.75. The molecule has 0 aliphatic carbocycles. The van der Waals surface area contributed by atoms with Gasteiger partial charge in [-0.15, -0.1) is 0 Å². The zero-order valence-corrected chi connectivity index (χ0v) is 18.3. The van der Waals surface area contributed by atoms with E-state index in [4.69, 9.17) is 14.2 Å². The number of piperidine rings is 1. The SMILES string of the molecule is CCNC(=NCCOCc1ccccc1OC)NC1CCN(CCCOC)CC1. The highest BCUT2D eigenvalue weighted by molar-refractivity contribution is 5.80. The van der Waals surface area contributed by atoms with Crippen molar-refractivity contribution in [2.75, 3.05) is 60.2 Å². The molecular formula is C22H38N4O3. The second-order valence-corrected chi connectivity index (χ2v) is 7.23. The van der Waals surface area contributed by atoms with E-state index in [-0.39, 0.29) is 0 Å². The van der Waals surface area contributed by atoms with Crippen LogP contribution in [0.3, 0.4) is 0 Å². The van der Waals surface area contributed by atoms with Gasteiger partial charge >= 0.3 is 0 Å². The third kappa shape index (κ3) is 9.02. The molecule has 7 nitrogen and oxygen atoms in total. The molecule has 0 spiro atoms. The van der Waals surface area contributed by atoms with E-state index in [2.05, 4.69) is 27.4 Å². The molecule has 1 saturated heterocycles. The Labute approximate surface area is 175 Å². The molecule has 1 aromatic carbocycles. The molecule has 0 radical (unpaired) electrons. The molecular weight excluding hydrogens is 368 g/mol. The summed E-state index contributed by atoms with van der Waals surface area (Å²) in [4.78, 5) is 7.19. The van der Waals surface area contributed by atoms with Crippen molar-refractivity contribution in [1.82, 2.24) is 15.5 Å². The van der Waals surface area contributed by atoms with E-state index in [1.807, 2.05) is 24.3 Å². The summed E-state index contributed by atoms with van der Waals surface area (Å²) in [5.74, 6) is 1.74. The van der Waals surface area contributed by atoms with Crippen molar-refractivity contribution < 1.29 is 14.2 Å². The number of aliphatic imine (C=N–C) groups is 1. The standard InChI is InChI=1S/C22H38N4O3/c1-4-23-22(25-20-10-14-26(15-11-20)13-7-16-27-2)24-12-17-29-18-19-8-5-6-9-21(19)28-3/h5-6,8-9,20H,4,7,10-18H2,1-3H3,(H2,23,24,25). The minimum absolute atomic E-state index is 0.473. The number of nitrogens with one attached hydrogen (secondary N) is 2. The second kappa shape index (κ2) is 14.2. The van der Waals surface area contributed by atoms with Crippen LogP contribution in [-0.4, -0.2) is 77.1 Å². The van der Waals surface area contributed by atoms with Gasteiger partial charge in [-0.05, 0) is 32.3 Å². The minimum atomic E-state index is 0.473. The molecule has 1 heterocycles. The molecule has 0 atom stereocenters. The number of methoxy groups -OCH3 is 2. The number of ether oxygens (including phenoxy) is 3. The molecule has 1 aliphatic rings. The van der Waals surface area contributed by atoms with Crippen molar-refractivity contribution in [3.8, 4) is 5.75 Å². The van der Waals surface area contributed by atoms with Gasteiger partial charge in [-0.1, -0.05) is 18.2 Å². The summed E-state index contributed by atoms with van der Waals surface area (Å²) in [7, 11) is 3.45. The van der Waals surface area contributed by atoms with E-state index < -0.39 is 0 Å². The summed E-state index contributed by atoms with van der Waals surface area (Å²) in [5, 5.41) is 6.93. The lowest BCUT2D eigenvalue weighted by Crippen LogP contribution is -2.49. The van der Waals surface area contributed by atoms with Crippen LogP contribution in [0.5, 0.6) is 5.75 Å². The maximum absolute atomic E-state index is 5.78. The highest BCUT2D eigenvalue weighted by Crippen LogP contribution is 2.17. The summed E-state index contributed by atoms with van der Waals surface area (Å²) in [6.45, 7) is 8.90. The summed E-state index contributed by atoms with van der Waals surface area (Å²) < 4.78 is 16.3. The van der Waals surface area contributed by atoms with E-state index in [0.717, 1.165) is 69.3 Å². The Balaban J connectivity index is 1.68. The van der Waals surface area contributed by atoms with Gasteiger partial charge in [-0.25, -0.2) is 0 Å². The first-order chi connectivity index (χ1) is 14.3. The second-order valence-electron chi connectivity index (χ2n) is 7.23. The first-order valence-electron chi connectivity index (χ1n) is 10.7. The van der Waals surface area contributed by atoms with Crippen molar-refractivity contribution in [3.63, 3.8) is 0 Å². The van der Waals surface area contributed by atoms with Crippen molar-refractivity contribution in [1.29, 1.82) is 0 Å². The Hall–Kier alpha value is -1.83. The van der Waals surface area contributed by atoms with Gasteiger partial charge < -0.3 is 29.7 Å². The predicted molar refractivity (Wildman–Crippen MR) is 118 cm³/mol. The van der Waals surface area contributed by atoms with Gasteiger partial charge in [-0.2, -0.15) is 0 Å². The van der Waals surface area contributed by atoms with E-state index in [9.17, 15) is 0 Å². The van der Waals surface area contributed by atoms with Gasteiger partial charge in [0.25, 0.3) is 0 Å². The molecule has 0 bridgehead atoms. The fourth-order valence-electron chi connectivity index (χ4n) is 3.47. The number of likely N-dealkylation sites (tertiary alicyclic amines) is 1. The number of hydrogen-bond donors (Lipinski definition) is 2. The molecule has 2 rings (SSSR count). The molecule has 2 N–H and O–H groups in total. The molecule has 0 unspecified atom stereocenters. The third-order valence-electron chi connectivity index (χ3n) is 5.05. The number of rotatable bonds is 12. The number of hydrogen-bond acceptors (Lipinski definition) is 5. The predicted octanol–water partition coefficient (Wildman–Crippen LogP) is 2.27. The van der Waals surface area contributed by atoms with Crippen molar-refractivity contribution >= 4 is 5.96 Å². The zero-order valence-electron chi connectivity index (χ0n) is 18.3. The fourth-order valence-corrected chi connectivity index (χ4v) is 3.47. The number of para-hydroxylation sites is 1. The van der Waals surface area contributed by atoms with Crippen LogP contribution in [0.2, 0.25) is 0 Å². The Morgan fingerprint density at radius 3 is 2.69 bits per heavy atom. The van der Waals surface area contributed by atoms with E-state index in [1.165, 1.54) is 0 Å². The van der Waals surface area contributed by atoms with Crippen LogP contribution in [0.1, 0.15) is 31.7 Å². The molecule has 0 saturated carbocycles. The number of nitrogens with zero attached hydrogens (tertiary/aromatic N) is 2. The third-order valence-corrected chi connectivity index (χ3v) is 5.05. The van der Waals surface area contributed by atoms with Crippen LogP contribution in [0.15, 0.2) is 29.3 Å². The monoisotopic (exact) mass is 406 g/mol. The quantitative estimate of drug-likeness (QED) is 0.315. The molecule has 29 heavy (non-hydrogen) atoms. The maximum atomic E-state index is 5.78. The highest BCUT2D eigenvalue weighted by Gasteiger charge is 2.19. The van der Waals surface area contributed by atoms with Crippen LogP contribution < -0.4 is 15.4 Å². The Kier molecular flexibility index (Phi) is 11.5. The topological polar surface area (TPSA) is 67.4 Å². The summed E-state index contributed by atoms with van der Waals surface area (Å²) in [5.41, 5.74) is 1.06. The smallest absolute Gasteiger partial charge is 0.191 e. The van der Waals surface area contributed by atoms with Crippen molar-refractivity contribution in [2.45, 2.75) is 38.8 Å². The van der Waals surface area contributed by atoms with E-state index >= 15 is 0 Å². The van der Waals surface area contributed by atoms with Crippen LogP contribution in [0.25, 0.3) is 0 Å². The van der Waals surface area contributed by atoms with Crippen molar-refractivity contribution in [2.24, 2.45) is 4.99 Å². The first-order valence-corrected chi connectivity index (χ1v) is 10.7. The van der Waals surface area contributed by atoms with Gasteiger partial charge in [0.2, 0.25) is 0 Å². The number of guanidine groups is 1. The van der Waals surface area contributed by atoms with Gasteiger partial charge in [0, 0.05) is 51.5 Å². The van der Waals surface area contributed by atoms with Gasteiger partial charge in [-0.3, -0.25) is 4.99 Å². The van der Waals surface area contributed by atoms with E-state index in [1.54, 1.807) is 14.2 Å². The lowest BCUT2D eigenvalue weighted by Gasteiger charge is -2.33. The molecule has 164 valence electrons.